The maximum Gasteiger partial charge on any atom is 0.294 e. The molecule has 1 saturated heterocycles. The van der Waals surface area contributed by atoms with E-state index in [0.717, 1.165) is 26.7 Å². The third-order valence-electron chi connectivity index (χ3n) is 4.17. The van der Waals surface area contributed by atoms with Crippen molar-refractivity contribution in [3.05, 3.63) is 57.4 Å². The van der Waals surface area contributed by atoms with Crippen molar-refractivity contribution in [3.8, 4) is 11.5 Å². The van der Waals surface area contributed by atoms with Gasteiger partial charge in [-0.05, 0) is 47.7 Å². The summed E-state index contributed by atoms with van der Waals surface area (Å²) in [4.78, 5) is 38.4. The monoisotopic (exact) mass is 474 g/mol. The molecule has 4 rings (SSSR count). The van der Waals surface area contributed by atoms with Gasteiger partial charge in [0, 0.05) is 16.2 Å². The number of benzene rings is 2. The molecule has 2 aliphatic heterocycles. The number of hydrogen-bond donors (Lipinski definition) is 1. The molecule has 2 aromatic carbocycles. The van der Waals surface area contributed by atoms with Gasteiger partial charge in [0.2, 0.25) is 5.91 Å². The average molecular weight is 475 g/mol. The molecule has 0 radical (unpaired) electrons. The highest BCUT2D eigenvalue weighted by Crippen LogP contribution is 2.34. The van der Waals surface area contributed by atoms with Gasteiger partial charge < -0.3 is 14.8 Å². The first-order valence-electron chi connectivity index (χ1n) is 8.70. The highest BCUT2D eigenvalue weighted by molar-refractivity contribution is 9.10. The summed E-state index contributed by atoms with van der Waals surface area (Å²) in [5, 5.41) is 2.20. The maximum atomic E-state index is 12.6. The van der Waals surface area contributed by atoms with Crippen molar-refractivity contribution in [2.45, 2.75) is 0 Å². The molecule has 7 nitrogen and oxygen atoms in total. The van der Waals surface area contributed by atoms with E-state index in [4.69, 9.17) is 9.47 Å². The smallest absolute Gasteiger partial charge is 0.294 e. The van der Waals surface area contributed by atoms with Gasteiger partial charge in [-0.2, -0.15) is 0 Å². The van der Waals surface area contributed by atoms with E-state index in [2.05, 4.69) is 21.2 Å². The van der Waals surface area contributed by atoms with Gasteiger partial charge >= 0.3 is 0 Å². The van der Waals surface area contributed by atoms with Crippen LogP contribution in [0.15, 0.2) is 51.8 Å². The number of nitrogens with one attached hydrogen (secondary N) is 1. The Morgan fingerprint density at radius 3 is 2.59 bits per heavy atom. The minimum atomic E-state index is -0.486. The fourth-order valence-electron chi connectivity index (χ4n) is 2.81. The van der Waals surface area contributed by atoms with Crippen LogP contribution in [0.5, 0.6) is 11.5 Å². The second kappa shape index (κ2) is 8.30. The first-order valence-corrected chi connectivity index (χ1v) is 10.3. The molecule has 1 N–H and O–H groups in total. The van der Waals surface area contributed by atoms with E-state index in [1.54, 1.807) is 24.3 Å². The first kappa shape index (κ1) is 19.5. The average Bonchev–Trinajstić information content (AvgIpc) is 2.97. The zero-order valence-electron chi connectivity index (χ0n) is 15.0. The van der Waals surface area contributed by atoms with Crippen molar-refractivity contribution in [1.82, 2.24) is 4.90 Å². The van der Waals surface area contributed by atoms with Crippen molar-refractivity contribution < 1.29 is 23.9 Å². The van der Waals surface area contributed by atoms with Crippen LogP contribution in [0.4, 0.5) is 10.5 Å². The van der Waals surface area contributed by atoms with Crippen molar-refractivity contribution in [2.24, 2.45) is 0 Å². The van der Waals surface area contributed by atoms with E-state index in [0.29, 0.717) is 30.4 Å². The largest absolute Gasteiger partial charge is 0.486 e. The number of carbonyl (C=O) groups excluding carboxylic acids is 3. The summed E-state index contributed by atoms with van der Waals surface area (Å²) in [6, 6.07) is 12.4. The van der Waals surface area contributed by atoms with Crippen LogP contribution in [-0.2, 0) is 9.59 Å². The third-order valence-corrected chi connectivity index (χ3v) is 5.61. The molecule has 0 saturated carbocycles. The number of rotatable bonds is 4. The Morgan fingerprint density at radius 2 is 1.83 bits per heavy atom. The number of carbonyl (C=O) groups is 3. The Hall–Kier alpha value is -2.78. The molecule has 0 bridgehead atoms. The van der Waals surface area contributed by atoms with Crippen molar-refractivity contribution in [2.75, 3.05) is 25.1 Å². The highest BCUT2D eigenvalue weighted by atomic mass is 79.9. The van der Waals surface area contributed by atoms with Crippen molar-refractivity contribution in [1.29, 1.82) is 0 Å². The predicted molar refractivity (Wildman–Crippen MR) is 113 cm³/mol. The van der Waals surface area contributed by atoms with Crippen LogP contribution in [0.25, 0.3) is 6.08 Å². The summed E-state index contributed by atoms with van der Waals surface area (Å²) >= 11 is 4.17. The minimum Gasteiger partial charge on any atom is -0.486 e. The molecule has 0 aromatic heterocycles. The van der Waals surface area contributed by atoms with Crippen molar-refractivity contribution in [3.63, 3.8) is 0 Å². The molecule has 0 spiro atoms. The Bertz CT molecular complexity index is 1020. The molecular weight excluding hydrogens is 460 g/mol. The third kappa shape index (κ3) is 4.46. The minimum absolute atomic E-state index is 0.282. The Balaban J connectivity index is 1.42. The van der Waals surface area contributed by atoms with E-state index in [1.807, 2.05) is 24.3 Å². The molecule has 0 unspecified atom stereocenters. The fourth-order valence-corrected chi connectivity index (χ4v) is 3.91. The molecule has 2 aliphatic rings. The lowest BCUT2D eigenvalue weighted by Gasteiger charge is -2.19. The van der Waals surface area contributed by atoms with E-state index >= 15 is 0 Å². The molecular formula is C20H15BrN2O5S. The lowest BCUT2D eigenvalue weighted by molar-refractivity contribution is -0.127. The van der Waals surface area contributed by atoms with E-state index < -0.39 is 17.1 Å². The lowest BCUT2D eigenvalue weighted by atomic mass is 10.2. The molecule has 3 amide bonds. The van der Waals surface area contributed by atoms with Gasteiger partial charge in [-0.25, -0.2) is 0 Å². The number of fused-ring (bicyclic) bond motifs is 1. The summed E-state index contributed by atoms with van der Waals surface area (Å²) in [6.07, 6.45) is 1.63. The zero-order chi connectivity index (χ0) is 20.4. The molecule has 2 heterocycles. The number of nitrogens with zero attached hydrogens (tertiary/aromatic N) is 1. The molecule has 9 heteroatoms. The lowest BCUT2D eigenvalue weighted by Crippen LogP contribution is -2.36. The Kier molecular flexibility index (Phi) is 5.59. The first-order chi connectivity index (χ1) is 14.0. The highest BCUT2D eigenvalue weighted by Gasteiger charge is 2.36. The molecule has 1 fully saturated rings. The quantitative estimate of drug-likeness (QED) is 0.676. The van der Waals surface area contributed by atoms with Crippen LogP contribution in [0.2, 0.25) is 0 Å². The van der Waals surface area contributed by atoms with Crippen molar-refractivity contribution >= 4 is 56.5 Å². The van der Waals surface area contributed by atoms with Gasteiger partial charge in [0.1, 0.15) is 19.8 Å². The second-order valence-electron chi connectivity index (χ2n) is 6.23. The number of anilines is 1. The van der Waals surface area contributed by atoms with Crippen LogP contribution in [0.3, 0.4) is 0 Å². The summed E-state index contributed by atoms with van der Waals surface area (Å²) in [7, 11) is 0. The van der Waals surface area contributed by atoms with Gasteiger partial charge in [-0.15, -0.1) is 0 Å². The topological polar surface area (TPSA) is 84.9 Å². The zero-order valence-corrected chi connectivity index (χ0v) is 17.4. The fraction of sp³-hybridized carbons (Fsp3) is 0.150. The normalized spacial score (nSPS) is 17.0. The summed E-state index contributed by atoms with van der Waals surface area (Å²) in [6.45, 7) is 0.550. The van der Waals surface area contributed by atoms with Crippen LogP contribution in [-0.4, -0.2) is 41.7 Å². The molecule has 148 valence electrons. The number of halogens is 1. The number of imide groups is 1. The number of thioether (sulfide) groups is 1. The molecule has 2 aromatic rings. The number of amides is 3. The summed E-state index contributed by atoms with van der Waals surface area (Å²) in [5.74, 6) is 0.185. The molecule has 29 heavy (non-hydrogen) atoms. The Morgan fingerprint density at radius 1 is 1.10 bits per heavy atom. The second-order valence-corrected chi connectivity index (χ2v) is 8.13. The van der Waals surface area contributed by atoms with Gasteiger partial charge in [-0.1, -0.05) is 28.1 Å². The van der Waals surface area contributed by atoms with Gasteiger partial charge in [-0.3, -0.25) is 19.3 Å². The Labute approximate surface area is 179 Å². The molecule has 0 atom stereocenters. The summed E-state index contributed by atoms with van der Waals surface area (Å²) in [5.41, 5.74) is 1.29. The standard InChI is InChI=1S/C20H15BrN2O5S/c21-13-3-1-12(2-4-13)9-17-19(25)23(20(26)29-17)11-18(24)22-14-5-6-15-16(10-14)28-8-7-27-15/h1-6,9-10H,7-8,11H2,(H,22,24)/b17-9+. The van der Waals surface area contributed by atoms with Crippen LogP contribution >= 0.6 is 27.7 Å². The van der Waals surface area contributed by atoms with E-state index in [1.165, 1.54) is 0 Å². The summed E-state index contributed by atoms with van der Waals surface area (Å²) < 4.78 is 11.8. The number of hydrogen-bond acceptors (Lipinski definition) is 6. The van der Waals surface area contributed by atoms with E-state index in [-0.39, 0.29) is 11.4 Å². The van der Waals surface area contributed by atoms with Crippen LogP contribution < -0.4 is 14.8 Å². The SMILES string of the molecule is O=C(CN1C(=O)S/C(=C/c2ccc(Br)cc2)C1=O)Nc1ccc2c(c1)OCCO2. The van der Waals surface area contributed by atoms with Gasteiger partial charge in [0.05, 0.1) is 4.91 Å². The maximum absolute atomic E-state index is 12.6. The predicted octanol–water partition coefficient (Wildman–Crippen LogP) is 3.90. The number of ether oxygens (including phenoxy) is 2. The van der Waals surface area contributed by atoms with Crippen LogP contribution in [0.1, 0.15) is 5.56 Å². The van der Waals surface area contributed by atoms with Gasteiger partial charge in [0.25, 0.3) is 11.1 Å². The van der Waals surface area contributed by atoms with Gasteiger partial charge in [0.15, 0.2) is 11.5 Å². The van der Waals surface area contributed by atoms with Crippen LogP contribution in [0, 0.1) is 0 Å². The molecule has 0 aliphatic carbocycles. The van der Waals surface area contributed by atoms with E-state index in [9.17, 15) is 14.4 Å².